The number of esters is 1. The number of anilines is 1. The largest absolute Gasteiger partial charge is 0.452 e. The Labute approximate surface area is 163 Å². The Balaban J connectivity index is 1.49. The van der Waals surface area contributed by atoms with Crippen LogP contribution in [0.3, 0.4) is 0 Å². The van der Waals surface area contributed by atoms with Crippen molar-refractivity contribution in [1.29, 1.82) is 0 Å². The van der Waals surface area contributed by atoms with Crippen LogP contribution in [0.5, 0.6) is 0 Å². The van der Waals surface area contributed by atoms with Crippen LogP contribution in [0.4, 0.5) is 14.5 Å². The standard InChI is InChI=1S/C19H17BrF2N2O3/c20-17-11-14(22)3-6-16(17)19(26)27-12-18(25)24-9-7-23(8-10-24)15-4-1-13(21)2-5-15/h1-6,11H,7-10,12H2. The predicted molar refractivity (Wildman–Crippen MR) is 99.6 cm³/mol. The molecule has 0 saturated carbocycles. The van der Waals surface area contributed by atoms with E-state index in [4.69, 9.17) is 4.74 Å². The molecule has 27 heavy (non-hydrogen) atoms. The van der Waals surface area contributed by atoms with E-state index in [1.807, 2.05) is 0 Å². The van der Waals surface area contributed by atoms with Gasteiger partial charge in [0.15, 0.2) is 6.61 Å². The van der Waals surface area contributed by atoms with Crippen LogP contribution < -0.4 is 4.90 Å². The fraction of sp³-hybridized carbons (Fsp3) is 0.263. The van der Waals surface area contributed by atoms with Crippen molar-refractivity contribution >= 4 is 33.5 Å². The number of halogens is 3. The summed E-state index contributed by atoms with van der Waals surface area (Å²) in [4.78, 5) is 28.0. The lowest BCUT2D eigenvalue weighted by Crippen LogP contribution is -2.49. The molecule has 1 fully saturated rings. The number of benzene rings is 2. The van der Waals surface area contributed by atoms with Gasteiger partial charge in [-0.2, -0.15) is 0 Å². The summed E-state index contributed by atoms with van der Waals surface area (Å²) < 4.78 is 31.4. The number of rotatable bonds is 4. The van der Waals surface area contributed by atoms with Gasteiger partial charge in [-0.15, -0.1) is 0 Å². The molecular formula is C19H17BrF2N2O3. The Morgan fingerprint density at radius 2 is 1.59 bits per heavy atom. The molecule has 1 amide bonds. The Morgan fingerprint density at radius 3 is 2.22 bits per heavy atom. The molecule has 142 valence electrons. The molecule has 1 aliphatic rings. The average Bonchev–Trinajstić information content (AvgIpc) is 2.66. The van der Waals surface area contributed by atoms with Crippen LogP contribution in [0.25, 0.3) is 0 Å². The second-order valence-electron chi connectivity index (χ2n) is 6.04. The van der Waals surface area contributed by atoms with Crippen molar-refractivity contribution in [3.63, 3.8) is 0 Å². The van der Waals surface area contributed by atoms with Gasteiger partial charge in [-0.3, -0.25) is 4.79 Å². The lowest BCUT2D eigenvalue weighted by Gasteiger charge is -2.36. The van der Waals surface area contributed by atoms with Gasteiger partial charge in [-0.25, -0.2) is 13.6 Å². The maximum Gasteiger partial charge on any atom is 0.339 e. The smallest absolute Gasteiger partial charge is 0.339 e. The van der Waals surface area contributed by atoms with E-state index >= 15 is 0 Å². The van der Waals surface area contributed by atoms with E-state index < -0.39 is 11.8 Å². The first kappa shape index (κ1) is 19.3. The van der Waals surface area contributed by atoms with Crippen LogP contribution in [0.1, 0.15) is 10.4 Å². The second kappa shape index (κ2) is 8.47. The van der Waals surface area contributed by atoms with Crippen LogP contribution in [0.15, 0.2) is 46.9 Å². The molecule has 2 aromatic rings. The zero-order chi connectivity index (χ0) is 19.4. The van der Waals surface area contributed by atoms with Crippen LogP contribution >= 0.6 is 15.9 Å². The van der Waals surface area contributed by atoms with Gasteiger partial charge in [0.2, 0.25) is 0 Å². The molecule has 1 saturated heterocycles. The van der Waals surface area contributed by atoms with Crippen LogP contribution in [-0.2, 0) is 9.53 Å². The van der Waals surface area contributed by atoms with E-state index in [0.717, 1.165) is 17.8 Å². The SMILES string of the molecule is O=C(OCC(=O)N1CCN(c2ccc(F)cc2)CC1)c1ccc(F)cc1Br. The molecule has 0 aromatic heterocycles. The summed E-state index contributed by atoms with van der Waals surface area (Å²) in [6.07, 6.45) is 0. The highest BCUT2D eigenvalue weighted by molar-refractivity contribution is 9.10. The van der Waals surface area contributed by atoms with Crippen LogP contribution in [-0.4, -0.2) is 49.6 Å². The lowest BCUT2D eigenvalue weighted by atomic mass is 10.2. The second-order valence-corrected chi connectivity index (χ2v) is 6.90. The van der Waals surface area contributed by atoms with Gasteiger partial charge >= 0.3 is 5.97 Å². The first-order valence-electron chi connectivity index (χ1n) is 8.34. The summed E-state index contributed by atoms with van der Waals surface area (Å²) in [5.74, 6) is -1.75. The molecule has 0 N–H and O–H groups in total. The van der Waals surface area contributed by atoms with Gasteiger partial charge in [-0.1, -0.05) is 0 Å². The molecule has 0 radical (unpaired) electrons. The number of hydrogen-bond acceptors (Lipinski definition) is 4. The molecule has 0 bridgehead atoms. The third-order valence-corrected chi connectivity index (χ3v) is 4.96. The highest BCUT2D eigenvalue weighted by Gasteiger charge is 2.23. The van der Waals surface area contributed by atoms with Gasteiger partial charge in [-0.05, 0) is 58.4 Å². The quantitative estimate of drug-likeness (QED) is 0.687. The fourth-order valence-corrected chi connectivity index (χ4v) is 3.33. The van der Waals surface area contributed by atoms with Crippen molar-refractivity contribution in [3.8, 4) is 0 Å². The average molecular weight is 439 g/mol. The zero-order valence-electron chi connectivity index (χ0n) is 14.3. The number of nitrogens with zero attached hydrogens (tertiary/aromatic N) is 2. The van der Waals surface area contributed by atoms with E-state index in [0.29, 0.717) is 26.2 Å². The number of hydrogen-bond donors (Lipinski definition) is 0. The van der Waals surface area contributed by atoms with E-state index in [-0.39, 0.29) is 28.4 Å². The lowest BCUT2D eigenvalue weighted by molar-refractivity contribution is -0.134. The normalized spacial score (nSPS) is 14.2. The topological polar surface area (TPSA) is 49.9 Å². The fourth-order valence-electron chi connectivity index (χ4n) is 2.82. The molecule has 2 aromatic carbocycles. The van der Waals surface area contributed by atoms with Gasteiger partial charge in [0.25, 0.3) is 5.91 Å². The van der Waals surface area contributed by atoms with E-state index in [9.17, 15) is 18.4 Å². The van der Waals surface area contributed by atoms with Crippen molar-refractivity contribution in [2.45, 2.75) is 0 Å². The first-order valence-corrected chi connectivity index (χ1v) is 9.14. The maximum absolute atomic E-state index is 13.1. The van der Waals surface area contributed by atoms with Crippen molar-refractivity contribution in [2.75, 3.05) is 37.7 Å². The van der Waals surface area contributed by atoms with Gasteiger partial charge in [0.1, 0.15) is 11.6 Å². The molecular weight excluding hydrogens is 422 g/mol. The van der Waals surface area contributed by atoms with Gasteiger partial charge in [0.05, 0.1) is 5.56 Å². The number of piperazine rings is 1. The monoisotopic (exact) mass is 438 g/mol. The summed E-state index contributed by atoms with van der Waals surface area (Å²) in [6, 6.07) is 9.82. The summed E-state index contributed by atoms with van der Waals surface area (Å²) in [6.45, 7) is 1.80. The Bertz CT molecular complexity index is 837. The Morgan fingerprint density at radius 1 is 0.963 bits per heavy atom. The zero-order valence-corrected chi connectivity index (χ0v) is 15.9. The summed E-state index contributed by atoms with van der Waals surface area (Å²) >= 11 is 3.10. The van der Waals surface area contributed by atoms with Crippen LogP contribution in [0.2, 0.25) is 0 Å². The third-order valence-electron chi connectivity index (χ3n) is 4.30. The third kappa shape index (κ3) is 4.82. The van der Waals surface area contributed by atoms with Gasteiger partial charge < -0.3 is 14.5 Å². The molecule has 1 heterocycles. The minimum absolute atomic E-state index is 0.158. The minimum Gasteiger partial charge on any atom is -0.452 e. The van der Waals surface area contributed by atoms with Crippen molar-refractivity contribution in [2.24, 2.45) is 0 Å². The molecule has 5 nitrogen and oxygen atoms in total. The van der Waals surface area contributed by atoms with Crippen molar-refractivity contribution in [3.05, 3.63) is 64.1 Å². The van der Waals surface area contributed by atoms with Crippen LogP contribution in [0, 0.1) is 11.6 Å². The molecule has 0 atom stereocenters. The number of amides is 1. The molecule has 0 spiro atoms. The van der Waals surface area contributed by atoms with E-state index in [1.165, 1.54) is 18.2 Å². The summed E-state index contributed by atoms with van der Waals surface area (Å²) in [7, 11) is 0. The maximum atomic E-state index is 13.1. The first-order chi connectivity index (χ1) is 12.9. The minimum atomic E-state index is -0.694. The van der Waals surface area contributed by atoms with Crippen molar-refractivity contribution < 1.29 is 23.1 Å². The summed E-state index contributed by atoms with van der Waals surface area (Å²) in [5, 5.41) is 0. The van der Waals surface area contributed by atoms with Crippen molar-refractivity contribution in [1.82, 2.24) is 4.90 Å². The molecule has 3 rings (SSSR count). The Hall–Kier alpha value is -2.48. The number of carbonyl (C=O) groups excluding carboxylic acids is 2. The predicted octanol–water partition coefficient (Wildman–Crippen LogP) is 3.23. The Kier molecular flexibility index (Phi) is 6.05. The summed E-state index contributed by atoms with van der Waals surface area (Å²) in [5.41, 5.74) is 1.06. The molecule has 1 aliphatic heterocycles. The van der Waals surface area contributed by atoms with Gasteiger partial charge in [0, 0.05) is 36.3 Å². The number of ether oxygens (including phenoxy) is 1. The highest BCUT2D eigenvalue weighted by atomic mass is 79.9. The van der Waals surface area contributed by atoms with E-state index in [1.54, 1.807) is 17.0 Å². The number of carbonyl (C=O) groups is 2. The van der Waals surface area contributed by atoms with E-state index in [2.05, 4.69) is 20.8 Å². The molecule has 0 aliphatic carbocycles. The molecule has 8 heteroatoms. The highest BCUT2D eigenvalue weighted by Crippen LogP contribution is 2.19. The molecule has 0 unspecified atom stereocenters.